The van der Waals surface area contributed by atoms with Crippen LogP contribution in [0.4, 0.5) is 5.69 Å². The summed E-state index contributed by atoms with van der Waals surface area (Å²) in [6.45, 7) is 2.11. The van der Waals surface area contributed by atoms with Gasteiger partial charge in [0, 0.05) is 17.1 Å². The Morgan fingerprint density at radius 3 is 2.56 bits per heavy atom. The summed E-state index contributed by atoms with van der Waals surface area (Å²) in [4.78, 5) is 11.5. The third-order valence-corrected chi connectivity index (χ3v) is 5.40. The maximum absolute atomic E-state index is 11.5. The summed E-state index contributed by atoms with van der Waals surface area (Å²) in [5.74, 6) is -0.374. The van der Waals surface area contributed by atoms with Crippen LogP contribution in [0.15, 0.2) is 6.07 Å². The molecule has 7 heteroatoms. The summed E-state index contributed by atoms with van der Waals surface area (Å²) in [6, 6.07) is 1.35. The third-order valence-electron chi connectivity index (χ3n) is 2.31. The van der Waals surface area contributed by atoms with E-state index in [2.05, 4.69) is 67.8 Å². The smallest absolute Gasteiger partial charge is 0.323 e. The summed E-state index contributed by atoms with van der Waals surface area (Å²) < 4.78 is 7.94. The van der Waals surface area contributed by atoms with E-state index in [0.29, 0.717) is 13.0 Å². The fourth-order valence-corrected chi connectivity index (χ4v) is 5.20. The largest absolute Gasteiger partial charge is 0.465 e. The van der Waals surface area contributed by atoms with E-state index in [-0.39, 0.29) is 5.97 Å². The topological polar surface area (TPSA) is 78.3 Å². The van der Waals surface area contributed by atoms with Gasteiger partial charge in [-0.1, -0.05) is 0 Å². The number of nitrogen functional groups attached to an aromatic ring is 1. The van der Waals surface area contributed by atoms with Gasteiger partial charge in [0.1, 0.15) is 6.04 Å². The molecule has 0 bridgehead atoms. The van der Waals surface area contributed by atoms with Crippen LogP contribution in [-0.2, 0) is 16.0 Å². The fourth-order valence-electron chi connectivity index (χ4n) is 1.39. The standard InChI is InChI=1S/C11H13I3N2O2/c1-2-18-11(17)8(15)3-5-6(12)4-7(13)10(16)9(5)14/h4,8H,2-3,15-16H2,1H3/t8-/m0/s1. The van der Waals surface area contributed by atoms with Gasteiger partial charge in [0.25, 0.3) is 0 Å². The number of benzene rings is 1. The Labute approximate surface area is 147 Å². The minimum absolute atomic E-state index is 0.343. The van der Waals surface area contributed by atoms with Crippen LogP contribution in [-0.4, -0.2) is 18.6 Å². The summed E-state index contributed by atoms with van der Waals surface area (Å²) >= 11 is 6.62. The van der Waals surface area contributed by atoms with Crippen molar-refractivity contribution in [2.75, 3.05) is 12.3 Å². The van der Waals surface area contributed by atoms with Crippen molar-refractivity contribution in [1.29, 1.82) is 0 Å². The van der Waals surface area contributed by atoms with Crippen LogP contribution >= 0.6 is 67.8 Å². The molecular weight excluding hydrogens is 573 g/mol. The second kappa shape index (κ2) is 7.43. The van der Waals surface area contributed by atoms with E-state index >= 15 is 0 Å². The molecule has 0 aromatic heterocycles. The number of hydrogen-bond acceptors (Lipinski definition) is 4. The van der Waals surface area contributed by atoms with Gasteiger partial charge in [0.15, 0.2) is 0 Å². The molecule has 0 amide bonds. The lowest BCUT2D eigenvalue weighted by Gasteiger charge is -2.15. The molecule has 100 valence electrons. The highest BCUT2D eigenvalue weighted by atomic mass is 127. The van der Waals surface area contributed by atoms with E-state index in [1.807, 2.05) is 6.07 Å². The maximum atomic E-state index is 11.5. The Kier molecular flexibility index (Phi) is 6.89. The van der Waals surface area contributed by atoms with Gasteiger partial charge in [0.2, 0.25) is 0 Å². The average molecular weight is 586 g/mol. The van der Waals surface area contributed by atoms with Crippen molar-refractivity contribution in [3.05, 3.63) is 22.3 Å². The molecule has 1 rings (SSSR count). The summed E-state index contributed by atoms with van der Waals surface area (Å²) in [5.41, 5.74) is 13.6. The molecular formula is C11H13I3N2O2. The Morgan fingerprint density at radius 1 is 1.39 bits per heavy atom. The molecule has 0 saturated heterocycles. The van der Waals surface area contributed by atoms with E-state index in [1.165, 1.54) is 0 Å². The number of carbonyl (C=O) groups excluding carboxylic acids is 1. The van der Waals surface area contributed by atoms with Gasteiger partial charge >= 0.3 is 5.97 Å². The molecule has 18 heavy (non-hydrogen) atoms. The molecule has 0 heterocycles. The Bertz CT molecular complexity index is 466. The van der Waals surface area contributed by atoms with E-state index < -0.39 is 6.04 Å². The maximum Gasteiger partial charge on any atom is 0.323 e. The molecule has 0 radical (unpaired) electrons. The highest BCUT2D eigenvalue weighted by molar-refractivity contribution is 14.1. The summed E-state index contributed by atoms with van der Waals surface area (Å²) in [5, 5.41) is 0. The molecule has 4 N–H and O–H groups in total. The van der Waals surface area contributed by atoms with Crippen molar-refractivity contribution in [2.24, 2.45) is 5.73 Å². The minimum Gasteiger partial charge on any atom is -0.465 e. The second-order valence-corrected chi connectivity index (χ2v) is 7.01. The molecule has 0 fully saturated rings. The molecule has 1 aromatic rings. The van der Waals surface area contributed by atoms with E-state index in [4.69, 9.17) is 16.2 Å². The van der Waals surface area contributed by atoms with Gasteiger partial charge in [-0.2, -0.15) is 0 Å². The zero-order valence-corrected chi connectivity index (χ0v) is 16.1. The molecule has 0 aliphatic carbocycles. The first-order valence-corrected chi connectivity index (χ1v) is 8.46. The molecule has 0 unspecified atom stereocenters. The Morgan fingerprint density at radius 2 is 2.00 bits per heavy atom. The zero-order chi connectivity index (χ0) is 13.9. The van der Waals surface area contributed by atoms with Crippen LogP contribution in [0.1, 0.15) is 12.5 Å². The van der Waals surface area contributed by atoms with Crippen molar-refractivity contribution >= 4 is 79.4 Å². The van der Waals surface area contributed by atoms with Gasteiger partial charge in [-0.05, 0) is 86.3 Å². The van der Waals surface area contributed by atoms with Crippen molar-refractivity contribution in [1.82, 2.24) is 0 Å². The number of carbonyl (C=O) groups is 1. The first-order chi connectivity index (χ1) is 8.38. The van der Waals surface area contributed by atoms with Gasteiger partial charge in [-0.25, -0.2) is 0 Å². The van der Waals surface area contributed by atoms with Crippen molar-refractivity contribution in [3.8, 4) is 0 Å². The lowest BCUT2D eigenvalue weighted by molar-refractivity contribution is -0.144. The molecule has 0 aliphatic rings. The highest BCUT2D eigenvalue weighted by Crippen LogP contribution is 2.30. The van der Waals surface area contributed by atoms with Gasteiger partial charge in [-0.15, -0.1) is 0 Å². The van der Waals surface area contributed by atoms with E-state index in [1.54, 1.807) is 6.92 Å². The number of ether oxygens (including phenoxy) is 1. The monoisotopic (exact) mass is 586 g/mol. The summed E-state index contributed by atoms with van der Waals surface area (Å²) in [7, 11) is 0. The number of esters is 1. The van der Waals surface area contributed by atoms with Crippen molar-refractivity contribution < 1.29 is 9.53 Å². The Hall–Kier alpha value is 0.640. The van der Waals surface area contributed by atoms with Crippen LogP contribution in [0.2, 0.25) is 0 Å². The number of rotatable bonds is 4. The second-order valence-electron chi connectivity index (χ2n) is 3.61. The molecule has 1 atom stereocenters. The van der Waals surface area contributed by atoms with Crippen LogP contribution in [0, 0.1) is 10.7 Å². The molecule has 0 aliphatic heterocycles. The van der Waals surface area contributed by atoms with Crippen LogP contribution in [0.5, 0.6) is 0 Å². The predicted molar refractivity (Wildman–Crippen MR) is 97.3 cm³/mol. The van der Waals surface area contributed by atoms with Crippen molar-refractivity contribution in [2.45, 2.75) is 19.4 Å². The van der Waals surface area contributed by atoms with Crippen LogP contribution in [0.3, 0.4) is 0 Å². The summed E-state index contributed by atoms with van der Waals surface area (Å²) in [6.07, 6.45) is 0.441. The van der Waals surface area contributed by atoms with E-state index in [9.17, 15) is 4.79 Å². The van der Waals surface area contributed by atoms with E-state index in [0.717, 1.165) is 22.0 Å². The quantitative estimate of drug-likeness (QED) is 0.324. The van der Waals surface area contributed by atoms with Crippen molar-refractivity contribution in [3.63, 3.8) is 0 Å². The zero-order valence-electron chi connectivity index (χ0n) is 9.67. The van der Waals surface area contributed by atoms with Crippen LogP contribution < -0.4 is 11.5 Å². The SMILES string of the molecule is CCOC(=O)[C@@H](N)Cc1c(I)cc(I)c(N)c1I. The number of nitrogens with two attached hydrogens (primary N) is 2. The molecule has 0 spiro atoms. The highest BCUT2D eigenvalue weighted by Gasteiger charge is 2.20. The molecule has 0 saturated carbocycles. The Balaban J connectivity index is 2.98. The predicted octanol–water partition coefficient (Wildman–Crippen LogP) is 2.52. The van der Waals surface area contributed by atoms with Gasteiger partial charge in [-0.3, -0.25) is 4.79 Å². The fraction of sp³-hybridized carbons (Fsp3) is 0.364. The lowest BCUT2D eigenvalue weighted by atomic mass is 10.1. The third kappa shape index (κ3) is 4.07. The number of hydrogen-bond donors (Lipinski definition) is 2. The van der Waals surface area contributed by atoms with Gasteiger partial charge < -0.3 is 16.2 Å². The lowest BCUT2D eigenvalue weighted by Crippen LogP contribution is -2.35. The average Bonchev–Trinajstić information content (AvgIpc) is 2.32. The first-order valence-electron chi connectivity index (χ1n) is 5.22. The number of halogens is 3. The number of anilines is 1. The molecule has 4 nitrogen and oxygen atoms in total. The van der Waals surface area contributed by atoms with Gasteiger partial charge in [0.05, 0.1) is 12.3 Å². The molecule has 1 aromatic carbocycles. The normalized spacial score (nSPS) is 12.3. The van der Waals surface area contributed by atoms with Crippen LogP contribution in [0.25, 0.3) is 0 Å². The first kappa shape index (κ1) is 16.7. The minimum atomic E-state index is -0.647.